The molecular weight excluding hydrogens is 154 g/mol. The number of hydrogen-bond acceptors (Lipinski definition) is 3. The van der Waals surface area contributed by atoms with Gasteiger partial charge in [-0.25, -0.2) is 0 Å². The van der Waals surface area contributed by atoms with E-state index in [1.54, 1.807) is 13.2 Å². The van der Waals surface area contributed by atoms with Crippen molar-refractivity contribution in [2.24, 2.45) is 0 Å². The van der Waals surface area contributed by atoms with Crippen molar-refractivity contribution in [1.29, 1.82) is 0 Å². The minimum atomic E-state index is 0.588. The third kappa shape index (κ3) is 1.61. The number of methoxy groups -OCH3 is 1. The Morgan fingerprint density at radius 1 is 1.42 bits per heavy atom. The van der Waals surface area contributed by atoms with E-state index in [1.807, 2.05) is 19.1 Å². The smallest absolute Gasteiger partial charge is 0.184 e. The van der Waals surface area contributed by atoms with Crippen LogP contribution in [0.2, 0.25) is 0 Å². The maximum absolute atomic E-state index is 5.68. The molecule has 1 aromatic carbocycles. The van der Waals surface area contributed by atoms with Gasteiger partial charge in [0.25, 0.3) is 0 Å². The highest BCUT2D eigenvalue weighted by molar-refractivity contribution is 5.60. The van der Waals surface area contributed by atoms with Crippen LogP contribution in [-0.4, -0.2) is 13.7 Å². The van der Waals surface area contributed by atoms with E-state index in [9.17, 15) is 0 Å². The molecule has 0 amide bonds. The molecule has 0 bridgehead atoms. The Morgan fingerprint density at radius 2 is 2.17 bits per heavy atom. The first-order valence-electron chi connectivity index (χ1n) is 3.84. The van der Waals surface area contributed by atoms with Crippen molar-refractivity contribution in [3.8, 4) is 11.5 Å². The predicted octanol–water partition coefficient (Wildman–Crippen LogP) is 1.68. The minimum Gasteiger partial charge on any atom is -0.493 e. The fourth-order valence-corrected chi connectivity index (χ4v) is 0.992. The molecule has 0 atom stereocenters. The quantitative estimate of drug-likeness (QED) is 0.696. The van der Waals surface area contributed by atoms with Gasteiger partial charge in [-0.15, -0.1) is 0 Å². The summed E-state index contributed by atoms with van der Waals surface area (Å²) in [6.45, 7) is 2.50. The summed E-state index contributed by atoms with van der Waals surface area (Å²) in [4.78, 5) is 0. The van der Waals surface area contributed by atoms with E-state index in [1.165, 1.54) is 0 Å². The number of para-hydroxylation sites is 1. The summed E-state index contributed by atoms with van der Waals surface area (Å²) in [5, 5.41) is 0. The Kier molecular flexibility index (Phi) is 2.80. The van der Waals surface area contributed by atoms with E-state index in [4.69, 9.17) is 15.2 Å². The highest BCUT2D eigenvalue weighted by Gasteiger charge is 2.05. The second kappa shape index (κ2) is 3.85. The number of ether oxygens (including phenoxy) is 2. The first kappa shape index (κ1) is 8.71. The zero-order chi connectivity index (χ0) is 8.97. The van der Waals surface area contributed by atoms with Gasteiger partial charge in [-0.2, -0.15) is 0 Å². The molecule has 3 nitrogen and oxygen atoms in total. The molecule has 0 aliphatic heterocycles. The number of benzene rings is 1. The first-order valence-corrected chi connectivity index (χ1v) is 3.84. The Labute approximate surface area is 72.1 Å². The maximum atomic E-state index is 5.68. The van der Waals surface area contributed by atoms with Crippen LogP contribution in [0.5, 0.6) is 11.5 Å². The second-order valence-corrected chi connectivity index (χ2v) is 2.31. The minimum absolute atomic E-state index is 0.588. The Balaban J connectivity index is 3.02. The zero-order valence-corrected chi connectivity index (χ0v) is 7.33. The summed E-state index contributed by atoms with van der Waals surface area (Å²) in [6, 6.07) is 5.44. The third-order valence-electron chi connectivity index (χ3n) is 1.52. The van der Waals surface area contributed by atoms with Gasteiger partial charge in [-0.1, -0.05) is 6.07 Å². The van der Waals surface area contributed by atoms with Crippen molar-refractivity contribution in [1.82, 2.24) is 0 Å². The lowest BCUT2D eigenvalue weighted by Gasteiger charge is -2.10. The molecule has 0 unspecified atom stereocenters. The number of anilines is 1. The molecule has 0 saturated heterocycles. The average Bonchev–Trinajstić information content (AvgIpc) is 2.09. The number of nitrogen functional groups attached to an aromatic ring is 1. The van der Waals surface area contributed by atoms with Gasteiger partial charge in [-0.3, -0.25) is 0 Å². The van der Waals surface area contributed by atoms with Gasteiger partial charge in [0.05, 0.1) is 19.4 Å². The number of rotatable bonds is 3. The number of hydrogen-bond donors (Lipinski definition) is 1. The summed E-state index contributed by atoms with van der Waals surface area (Å²) in [5.41, 5.74) is 6.29. The van der Waals surface area contributed by atoms with Gasteiger partial charge in [0.1, 0.15) is 0 Å². The van der Waals surface area contributed by atoms with E-state index < -0.39 is 0 Å². The second-order valence-electron chi connectivity index (χ2n) is 2.31. The van der Waals surface area contributed by atoms with Crippen LogP contribution in [0.15, 0.2) is 18.2 Å². The van der Waals surface area contributed by atoms with E-state index >= 15 is 0 Å². The van der Waals surface area contributed by atoms with Gasteiger partial charge in [0.15, 0.2) is 11.5 Å². The van der Waals surface area contributed by atoms with Gasteiger partial charge < -0.3 is 15.2 Å². The Bertz CT molecular complexity index is 261. The van der Waals surface area contributed by atoms with E-state index in [0.29, 0.717) is 23.8 Å². The molecule has 0 aromatic heterocycles. The Morgan fingerprint density at radius 3 is 2.75 bits per heavy atom. The van der Waals surface area contributed by atoms with Crippen LogP contribution in [-0.2, 0) is 0 Å². The molecule has 0 aliphatic carbocycles. The highest BCUT2D eigenvalue weighted by Crippen LogP contribution is 2.32. The van der Waals surface area contributed by atoms with Gasteiger partial charge in [0.2, 0.25) is 0 Å². The molecule has 66 valence electrons. The van der Waals surface area contributed by atoms with E-state index in [0.717, 1.165) is 0 Å². The van der Waals surface area contributed by atoms with Crippen molar-refractivity contribution < 1.29 is 9.47 Å². The lowest BCUT2D eigenvalue weighted by atomic mass is 10.3. The maximum Gasteiger partial charge on any atom is 0.184 e. The molecule has 1 rings (SSSR count). The van der Waals surface area contributed by atoms with Crippen LogP contribution in [0, 0.1) is 0 Å². The lowest BCUT2D eigenvalue weighted by Crippen LogP contribution is -1.99. The van der Waals surface area contributed by atoms with Crippen LogP contribution >= 0.6 is 0 Å². The van der Waals surface area contributed by atoms with Crippen molar-refractivity contribution in [2.75, 3.05) is 19.5 Å². The summed E-state index contributed by atoms with van der Waals surface area (Å²) in [5.74, 6) is 1.30. The van der Waals surface area contributed by atoms with Crippen LogP contribution in [0.3, 0.4) is 0 Å². The van der Waals surface area contributed by atoms with Gasteiger partial charge in [0, 0.05) is 0 Å². The van der Waals surface area contributed by atoms with Crippen LogP contribution in [0.1, 0.15) is 6.92 Å². The zero-order valence-electron chi connectivity index (χ0n) is 7.33. The largest absolute Gasteiger partial charge is 0.493 e. The van der Waals surface area contributed by atoms with E-state index in [-0.39, 0.29) is 0 Å². The first-order chi connectivity index (χ1) is 5.79. The molecule has 12 heavy (non-hydrogen) atoms. The van der Waals surface area contributed by atoms with Crippen LogP contribution in [0.25, 0.3) is 0 Å². The fraction of sp³-hybridized carbons (Fsp3) is 0.333. The predicted molar refractivity (Wildman–Crippen MR) is 48.6 cm³/mol. The van der Waals surface area contributed by atoms with Crippen molar-refractivity contribution in [2.45, 2.75) is 6.92 Å². The summed E-state index contributed by atoms with van der Waals surface area (Å²) < 4.78 is 10.4. The normalized spacial score (nSPS) is 9.50. The molecule has 0 fully saturated rings. The van der Waals surface area contributed by atoms with Gasteiger partial charge >= 0.3 is 0 Å². The molecule has 1 aromatic rings. The molecule has 0 spiro atoms. The molecule has 2 N–H and O–H groups in total. The monoisotopic (exact) mass is 167 g/mol. The molecule has 0 radical (unpaired) electrons. The summed E-state index contributed by atoms with van der Waals surface area (Å²) >= 11 is 0. The third-order valence-corrected chi connectivity index (χ3v) is 1.52. The SMILES string of the molecule is CCOc1c(N)cccc1OC. The van der Waals surface area contributed by atoms with Crippen molar-refractivity contribution >= 4 is 5.69 Å². The van der Waals surface area contributed by atoms with Crippen LogP contribution < -0.4 is 15.2 Å². The molecule has 3 heteroatoms. The number of nitrogens with two attached hydrogens (primary N) is 1. The van der Waals surface area contributed by atoms with Crippen molar-refractivity contribution in [3.63, 3.8) is 0 Å². The average molecular weight is 167 g/mol. The molecule has 0 saturated carbocycles. The van der Waals surface area contributed by atoms with Gasteiger partial charge in [-0.05, 0) is 19.1 Å². The Hall–Kier alpha value is -1.38. The van der Waals surface area contributed by atoms with Crippen LogP contribution in [0.4, 0.5) is 5.69 Å². The fourth-order valence-electron chi connectivity index (χ4n) is 0.992. The lowest BCUT2D eigenvalue weighted by molar-refractivity contribution is 0.312. The van der Waals surface area contributed by atoms with Crippen molar-refractivity contribution in [3.05, 3.63) is 18.2 Å². The van der Waals surface area contributed by atoms with E-state index in [2.05, 4.69) is 0 Å². The molecule has 0 aliphatic rings. The summed E-state index contributed by atoms with van der Waals surface area (Å²) in [6.07, 6.45) is 0. The molecular formula is C9H13NO2. The topological polar surface area (TPSA) is 44.5 Å². The highest BCUT2D eigenvalue weighted by atomic mass is 16.5. The molecule has 0 heterocycles. The standard InChI is InChI=1S/C9H13NO2/c1-3-12-9-7(10)5-4-6-8(9)11-2/h4-6H,3,10H2,1-2H3. The summed E-state index contributed by atoms with van der Waals surface area (Å²) in [7, 11) is 1.59.